The van der Waals surface area contributed by atoms with E-state index < -0.39 is 0 Å². The predicted molar refractivity (Wildman–Crippen MR) is 79.3 cm³/mol. The lowest BCUT2D eigenvalue weighted by molar-refractivity contribution is -0.0615. The number of pyridine rings is 1. The molecule has 6 heteroatoms. The average molecular weight is 298 g/mol. The van der Waals surface area contributed by atoms with Crippen molar-refractivity contribution < 1.29 is 9.53 Å². The molecule has 1 saturated heterocycles. The van der Waals surface area contributed by atoms with E-state index in [0.29, 0.717) is 17.4 Å². The number of rotatable bonds is 3. The summed E-state index contributed by atoms with van der Waals surface area (Å²) >= 11 is 6.05. The third kappa shape index (κ3) is 3.61. The van der Waals surface area contributed by atoms with E-state index in [1.165, 1.54) is 0 Å². The molecule has 1 unspecified atom stereocenters. The lowest BCUT2D eigenvalue weighted by atomic mass is 9.94. The van der Waals surface area contributed by atoms with Gasteiger partial charge in [-0.05, 0) is 38.8 Å². The Balaban J connectivity index is 2.08. The van der Waals surface area contributed by atoms with E-state index in [9.17, 15) is 4.79 Å². The van der Waals surface area contributed by atoms with Crippen molar-refractivity contribution in [3.05, 3.63) is 22.8 Å². The van der Waals surface area contributed by atoms with Gasteiger partial charge in [0.2, 0.25) is 0 Å². The van der Waals surface area contributed by atoms with Crippen LogP contribution >= 0.6 is 11.6 Å². The molecular formula is C14H20ClN3O2. The van der Waals surface area contributed by atoms with Gasteiger partial charge in [0.05, 0.1) is 10.6 Å². The highest BCUT2D eigenvalue weighted by Crippen LogP contribution is 2.24. The van der Waals surface area contributed by atoms with Gasteiger partial charge in [-0.2, -0.15) is 0 Å². The molecule has 0 aliphatic carbocycles. The number of nitrogens with zero attached hydrogens (tertiary/aromatic N) is 1. The highest BCUT2D eigenvalue weighted by Gasteiger charge is 2.30. The Labute approximate surface area is 124 Å². The first-order valence-electron chi connectivity index (χ1n) is 6.70. The zero-order valence-electron chi connectivity index (χ0n) is 12.0. The molecule has 0 radical (unpaired) electrons. The molecule has 0 aromatic carbocycles. The standard InChI is InChI=1S/C14H20ClN3O2/c1-14(2)8-9(6-7-20-14)17-13(19)12-10(15)4-5-11(16-3)18-12/h4-5,9H,6-8H2,1-3H3,(H,16,18)(H,17,19). The maximum atomic E-state index is 12.3. The number of nitrogens with one attached hydrogen (secondary N) is 2. The monoisotopic (exact) mass is 297 g/mol. The minimum Gasteiger partial charge on any atom is -0.375 e. The summed E-state index contributed by atoms with van der Waals surface area (Å²) in [5, 5.41) is 6.24. The molecule has 1 amide bonds. The van der Waals surface area contributed by atoms with Crippen LogP contribution in [0.2, 0.25) is 5.02 Å². The van der Waals surface area contributed by atoms with Crippen LogP contribution in [0.5, 0.6) is 0 Å². The molecule has 0 bridgehead atoms. The zero-order valence-corrected chi connectivity index (χ0v) is 12.8. The van der Waals surface area contributed by atoms with Crippen molar-refractivity contribution in [2.45, 2.75) is 38.3 Å². The van der Waals surface area contributed by atoms with Crippen molar-refractivity contribution in [3.63, 3.8) is 0 Å². The van der Waals surface area contributed by atoms with Crippen molar-refractivity contribution >= 4 is 23.3 Å². The molecule has 1 atom stereocenters. The Bertz CT molecular complexity index is 505. The van der Waals surface area contributed by atoms with Crippen molar-refractivity contribution in [1.82, 2.24) is 10.3 Å². The minimum atomic E-state index is -0.241. The van der Waals surface area contributed by atoms with Gasteiger partial charge >= 0.3 is 0 Å². The molecule has 2 rings (SSSR count). The van der Waals surface area contributed by atoms with E-state index >= 15 is 0 Å². The Kier molecular flexibility index (Phi) is 4.50. The maximum Gasteiger partial charge on any atom is 0.271 e. The van der Waals surface area contributed by atoms with E-state index in [1.807, 2.05) is 13.8 Å². The number of halogens is 1. The largest absolute Gasteiger partial charge is 0.375 e. The summed E-state index contributed by atoms with van der Waals surface area (Å²) in [6.45, 7) is 4.70. The predicted octanol–water partition coefficient (Wildman–Crippen LogP) is 2.46. The number of carbonyl (C=O) groups excluding carboxylic acids is 1. The van der Waals surface area contributed by atoms with Crippen LogP contribution in [-0.2, 0) is 4.74 Å². The molecule has 1 aliphatic heterocycles. The van der Waals surface area contributed by atoms with Gasteiger partial charge < -0.3 is 15.4 Å². The topological polar surface area (TPSA) is 63.2 Å². The van der Waals surface area contributed by atoms with Gasteiger partial charge in [0, 0.05) is 19.7 Å². The number of anilines is 1. The SMILES string of the molecule is CNc1ccc(Cl)c(C(=O)NC2CCOC(C)(C)C2)n1. The summed E-state index contributed by atoms with van der Waals surface area (Å²) in [5.41, 5.74) is 0.0445. The minimum absolute atomic E-state index is 0.0855. The molecule has 0 saturated carbocycles. The smallest absolute Gasteiger partial charge is 0.271 e. The second kappa shape index (κ2) is 5.97. The molecular weight excluding hydrogens is 278 g/mol. The van der Waals surface area contributed by atoms with E-state index in [1.54, 1.807) is 19.2 Å². The molecule has 1 aromatic heterocycles. The van der Waals surface area contributed by atoms with Crippen LogP contribution in [0.25, 0.3) is 0 Å². The number of amides is 1. The summed E-state index contributed by atoms with van der Waals surface area (Å²) in [6.07, 6.45) is 1.58. The number of ether oxygens (including phenoxy) is 1. The van der Waals surface area contributed by atoms with Gasteiger partial charge in [-0.3, -0.25) is 4.79 Å². The van der Waals surface area contributed by atoms with E-state index in [4.69, 9.17) is 16.3 Å². The molecule has 1 fully saturated rings. The fraction of sp³-hybridized carbons (Fsp3) is 0.571. The fourth-order valence-corrected chi connectivity index (χ4v) is 2.54. The lowest BCUT2D eigenvalue weighted by Gasteiger charge is -2.35. The molecule has 0 spiro atoms. The van der Waals surface area contributed by atoms with Crippen LogP contribution in [0.3, 0.4) is 0 Å². The van der Waals surface area contributed by atoms with Gasteiger partial charge in [0.25, 0.3) is 5.91 Å². The molecule has 110 valence electrons. The number of carbonyl (C=O) groups is 1. The van der Waals surface area contributed by atoms with Crippen molar-refractivity contribution in [3.8, 4) is 0 Å². The van der Waals surface area contributed by atoms with E-state index in [-0.39, 0.29) is 23.2 Å². The molecule has 2 N–H and O–H groups in total. The van der Waals surface area contributed by atoms with Gasteiger partial charge in [0.1, 0.15) is 11.5 Å². The normalized spacial score (nSPS) is 21.3. The summed E-state index contributed by atoms with van der Waals surface area (Å²) in [7, 11) is 1.75. The highest BCUT2D eigenvalue weighted by atomic mass is 35.5. The van der Waals surface area contributed by atoms with Crippen LogP contribution in [0.1, 0.15) is 37.2 Å². The zero-order chi connectivity index (χ0) is 14.8. The molecule has 20 heavy (non-hydrogen) atoms. The molecule has 1 aliphatic rings. The Morgan fingerprint density at radius 2 is 2.25 bits per heavy atom. The van der Waals surface area contributed by atoms with Crippen LogP contribution in [0.4, 0.5) is 5.82 Å². The summed E-state index contributed by atoms with van der Waals surface area (Å²) < 4.78 is 5.64. The maximum absolute atomic E-state index is 12.3. The van der Waals surface area contributed by atoms with Crippen LogP contribution in [-0.4, -0.2) is 36.2 Å². The van der Waals surface area contributed by atoms with Crippen LogP contribution < -0.4 is 10.6 Å². The third-order valence-corrected chi connectivity index (χ3v) is 3.65. The number of hydrogen-bond donors (Lipinski definition) is 2. The Hall–Kier alpha value is -1.33. The van der Waals surface area contributed by atoms with Gasteiger partial charge in [-0.1, -0.05) is 11.6 Å². The second-order valence-electron chi connectivity index (χ2n) is 5.55. The second-order valence-corrected chi connectivity index (χ2v) is 5.96. The first kappa shape index (κ1) is 15.1. The Morgan fingerprint density at radius 3 is 2.90 bits per heavy atom. The van der Waals surface area contributed by atoms with E-state index in [2.05, 4.69) is 15.6 Å². The van der Waals surface area contributed by atoms with Crippen molar-refractivity contribution in [2.24, 2.45) is 0 Å². The first-order valence-corrected chi connectivity index (χ1v) is 7.08. The van der Waals surface area contributed by atoms with Crippen molar-refractivity contribution in [2.75, 3.05) is 19.0 Å². The van der Waals surface area contributed by atoms with Crippen LogP contribution in [0.15, 0.2) is 12.1 Å². The van der Waals surface area contributed by atoms with Gasteiger partial charge in [0.15, 0.2) is 0 Å². The van der Waals surface area contributed by atoms with Crippen LogP contribution in [0, 0.1) is 0 Å². The first-order chi connectivity index (χ1) is 9.41. The molecule has 2 heterocycles. The van der Waals surface area contributed by atoms with Gasteiger partial charge in [-0.25, -0.2) is 4.98 Å². The van der Waals surface area contributed by atoms with E-state index in [0.717, 1.165) is 12.8 Å². The lowest BCUT2D eigenvalue weighted by Crippen LogP contribution is -2.46. The summed E-state index contributed by atoms with van der Waals surface area (Å²) in [5.74, 6) is 0.377. The summed E-state index contributed by atoms with van der Waals surface area (Å²) in [4.78, 5) is 16.5. The van der Waals surface area contributed by atoms with Crippen molar-refractivity contribution in [1.29, 1.82) is 0 Å². The fourth-order valence-electron chi connectivity index (χ4n) is 2.35. The Morgan fingerprint density at radius 1 is 1.50 bits per heavy atom. The molecule has 5 nitrogen and oxygen atoms in total. The quantitative estimate of drug-likeness (QED) is 0.899. The number of hydrogen-bond acceptors (Lipinski definition) is 4. The third-order valence-electron chi connectivity index (χ3n) is 3.35. The number of aromatic nitrogens is 1. The highest BCUT2D eigenvalue weighted by molar-refractivity contribution is 6.33. The summed E-state index contributed by atoms with van der Waals surface area (Å²) in [6, 6.07) is 3.49. The average Bonchev–Trinajstić information content (AvgIpc) is 2.38. The molecule has 1 aromatic rings. The van der Waals surface area contributed by atoms with Gasteiger partial charge in [-0.15, -0.1) is 0 Å².